The Balaban J connectivity index is 1.97. The maximum absolute atomic E-state index is 12.2. The molecule has 114 valence electrons. The average Bonchev–Trinajstić information content (AvgIpc) is 2.47. The first-order valence-corrected chi connectivity index (χ1v) is 7.47. The minimum Gasteiger partial charge on any atom is -0.348 e. The summed E-state index contributed by atoms with van der Waals surface area (Å²) in [6.45, 7) is 4.34. The fourth-order valence-electron chi connectivity index (χ4n) is 2.56. The van der Waals surface area contributed by atoms with Crippen LogP contribution >= 0.6 is 0 Å². The van der Waals surface area contributed by atoms with Crippen LogP contribution in [-0.2, 0) is 9.59 Å². The van der Waals surface area contributed by atoms with Crippen molar-refractivity contribution in [2.45, 2.75) is 45.2 Å². The largest absolute Gasteiger partial charge is 0.348 e. The summed E-state index contributed by atoms with van der Waals surface area (Å²) in [5.74, 6) is -0.0534. The molecular formula is C16H23N3O2. The van der Waals surface area contributed by atoms with Gasteiger partial charge in [0.05, 0.1) is 12.1 Å². The highest BCUT2D eigenvalue weighted by molar-refractivity contribution is 5.88. The van der Waals surface area contributed by atoms with Gasteiger partial charge < -0.3 is 16.0 Å². The lowest BCUT2D eigenvalue weighted by atomic mass is 10.0. The number of anilines is 1. The molecule has 1 fully saturated rings. The molecule has 2 rings (SSSR count). The third-order valence-corrected chi connectivity index (χ3v) is 3.69. The molecule has 5 nitrogen and oxygen atoms in total. The Labute approximate surface area is 125 Å². The van der Waals surface area contributed by atoms with Crippen molar-refractivity contribution in [3.05, 3.63) is 29.8 Å². The Morgan fingerprint density at radius 1 is 1.33 bits per heavy atom. The van der Waals surface area contributed by atoms with Gasteiger partial charge in [-0.3, -0.25) is 9.59 Å². The van der Waals surface area contributed by atoms with Gasteiger partial charge in [-0.25, -0.2) is 0 Å². The second kappa shape index (κ2) is 7.22. The molecule has 5 heteroatoms. The van der Waals surface area contributed by atoms with Gasteiger partial charge in [-0.2, -0.15) is 0 Å². The van der Waals surface area contributed by atoms with Crippen LogP contribution in [0.3, 0.4) is 0 Å². The van der Waals surface area contributed by atoms with E-state index in [0.29, 0.717) is 0 Å². The maximum atomic E-state index is 12.2. The predicted octanol–water partition coefficient (Wildman–Crippen LogP) is 1.96. The van der Waals surface area contributed by atoms with Crippen molar-refractivity contribution in [2.24, 2.45) is 0 Å². The molecule has 1 aromatic rings. The van der Waals surface area contributed by atoms with E-state index < -0.39 is 0 Å². The number of amides is 2. The van der Waals surface area contributed by atoms with Gasteiger partial charge in [0.2, 0.25) is 11.8 Å². The summed E-state index contributed by atoms with van der Waals surface area (Å²) in [4.78, 5) is 23.3. The molecule has 1 heterocycles. The normalized spacial score (nSPS) is 19.6. The summed E-state index contributed by atoms with van der Waals surface area (Å²) < 4.78 is 0. The van der Waals surface area contributed by atoms with Crippen LogP contribution in [0, 0.1) is 0 Å². The van der Waals surface area contributed by atoms with Crippen LogP contribution in [0.15, 0.2) is 24.3 Å². The molecule has 1 aromatic carbocycles. The highest BCUT2D eigenvalue weighted by Crippen LogP contribution is 2.18. The van der Waals surface area contributed by atoms with Crippen LogP contribution in [0.5, 0.6) is 0 Å². The summed E-state index contributed by atoms with van der Waals surface area (Å²) in [5.41, 5.74) is 1.72. The number of carbonyl (C=O) groups excluding carboxylic acids is 2. The molecule has 2 amide bonds. The number of benzene rings is 1. The van der Waals surface area contributed by atoms with E-state index in [1.807, 2.05) is 31.2 Å². The topological polar surface area (TPSA) is 70.2 Å². The Morgan fingerprint density at radius 3 is 2.81 bits per heavy atom. The molecule has 1 saturated heterocycles. The van der Waals surface area contributed by atoms with Gasteiger partial charge in [0.25, 0.3) is 0 Å². The van der Waals surface area contributed by atoms with Crippen LogP contribution in [0.25, 0.3) is 0 Å². The van der Waals surface area contributed by atoms with Crippen LogP contribution in [0.4, 0.5) is 5.69 Å². The Hall–Kier alpha value is -1.88. The lowest BCUT2D eigenvalue weighted by Gasteiger charge is -2.24. The Morgan fingerprint density at radius 2 is 2.14 bits per heavy atom. The molecule has 2 unspecified atom stereocenters. The van der Waals surface area contributed by atoms with Crippen LogP contribution in [-0.4, -0.2) is 24.4 Å². The third kappa shape index (κ3) is 4.56. The summed E-state index contributed by atoms with van der Waals surface area (Å²) >= 11 is 0. The first kappa shape index (κ1) is 15.5. The Bertz CT molecular complexity index is 510. The van der Waals surface area contributed by atoms with Crippen molar-refractivity contribution in [1.29, 1.82) is 0 Å². The Kier molecular flexibility index (Phi) is 5.33. The summed E-state index contributed by atoms with van der Waals surface area (Å²) in [6.07, 6.45) is 3.13. The summed E-state index contributed by atoms with van der Waals surface area (Å²) in [7, 11) is 0. The van der Waals surface area contributed by atoms with Gasteiger partial charge in [0.1, 0.15) is 0 Å². The van der Waals surface area contributed by atoms with Gasteiger partial charge in [-0.1, -0.05) is 18.6 Å². The van der Waals surface area contributed by atoms with E-state index in [0.717, 1.165) is 37.1 Å². The van der Waals surface area contributed by atoms with Crippen molar-refractivity contribution >= 4 is 17.5 Å². The minimum absolute atomic E-state index is 0.0483. The van der Waals surface area contributed by atoms with E-state index in [-0.39, 0.29) is 23.9 Å². The van der Waals surface area contributed by atoms with E-state index in [2.05, 4.69) is 16.0 Å². The fourth-order valence-corrected chi connectivity index (χ4v) is 2.56. The smallest absolute Gasteiger partial charge is 0.237 e. The second-order valence-corrected chi connectivity index (χ2v) is 5.54. The van der Waals surface area contributed by atoms with Crippen LogP contribution in [0.2, 0.25) is 0 Å². The highest BCUT2D eigenvalue weighted by atomic mass is 16.2. The van der Waals surface area contributed by atoms with Crippen LogP contribution < -0.4 is 16.0 Å². The second-order valence-electron chi connectivity index (χ2n) is 5.54. The first-order chi connectivity index (χ1) is 10.1. The zero-order chi connectivity index (χ0) is 15.2. The summed E-state index contributed by atoms with van der Waals surface area (Å²) in [6, 6.07) is 7.38. The van der Waals surface area contributed by atoms with Crippen molar-refractivity contribution in [3.8, 4) is 0 Å². The van der Waals surface area contributed by atoms with Crippen molar-refractivity contribution in [2.75, 3.05) is 11.9 Å². The van der Waals surface area contributed by atoms with E-state index in [4.69, 9.17) is 0 Å². The number of piperidine rings is 1. The van der Waals surface area contributed by atoms with Crippen molar-refractivity contribution in [3.63, 3.8) is 0 Å². The highest BCUT2D eigenvalue weighted by Gasteiger charge is 2.22. The molecule has 2 atom stereocenters. The number of hydrogen-bond donors (Lipinski definition) is 3. The number of rotatable bonds is 4. The molecule has 3 N–H and O–H groups in total. The monoisotopic (exact) mass is 289 g/mol. The van der Waals surface area contributed by atoms with Crippen LogP contribution in [0.1, 0.15) is 44.7 Å². The molecular weight excluding hydrogens is 266 g/mol. The molecule has 0 aliphatic carbocycles. The van der Waals surface area contributed by atoms with E-state index in [1.54, 1.807) is 0 Å². The first-order valence-electron chi connectivity index (χ1n) is 7.47. The van der Waals surface area contributed by atoms with Gasteiger partial charge >= 0.3 is 0 Å². The van der Waals surface area contributed by atoms with Gasteiger partial charge in [-0.05, 0) is 44.0 Å². The zero-order valence-electron chi connectivity index (χ0n) is 12.6. The maximum Gasteiger partial charge on any atom is 0.237 e. The lowest BCUT2D eigenvalue weighted by molar-refractivity contribution is -0.124. The molecule has 1 aliphatic heterocycles. The standard InChI is InChI=1S/C16H23N3O2/c1-11(18-16(21)15-8-3-4-9-17-15)13-6-5-7-14(10-13)19-12(2)20/h5-7,10-11,15,17H,3-4,8-9H2,1-2H3,(H,18,21)(H,19,20). The average molecular weight is 289 g/mol. The zero-order valence-corrected chi connectivity index (χ0v) is 12.6. The molecule has 0 saturated carbocycles. The fraction of sp³-hybridized carbons (Fsp3) is 0.500. The molecule has 0 radical (unpaired) electrons. The quantitative estimate of drug-likeness (QED) is 0.793. The SMILES string of the molecule is CC(=O)Nc1cccc(C(C)NC(=O)C2CCCCN2)c1. The van der Waals surface area contributed by atoms with Gasteiger partial charge in [-0.15, -0.1) is 0 Å². The molecule has 0 bridgehead atoms. The minimum atomic E-state index is -0.102. The molecule has 21 heavy (non-hydrogen) atoms. The molecule has 1 aliphatic rings. The van der Waals surface area contributed by atoms with E-state index in [9.17, 15) is 9.59 Å². The van der Waals surface area contributed by atoms with Gasteiger partial charge in [0.15, 0.2) is 0 Å². The number of carbonyl (C=O) groups is 2. The number of hydrogen-bond acceptors (Lipinski definition) is 3. The lowest BCUT2D eigenvalue weighted by Crippen LogP contribution is -2.47. The predicted molar refractivity (Wildman–Crippen MR) is 82.9 cm³/mol. The van der Waals surface area contributed by atoms with E-state index >= 15 is 0 Å². The summed E-state index contributed by atoms with van der Waals surface area (Å²) in [5, 5.41) is 9.03. The molecule has 0 aromatic heterocycles. The van der Waals surface area contributed by atoms with E-state index in [1.165, 1.54) is 6.92 Å². The van der Waals surface area contributed by atoms with Gasteiger partial charge in [0, 0.05) is 12.6 Å². The van der Waals surface area contributed by atoms with Crippen molar-refractivity contribution in [1.82, 2.24) is 10.6 Å². The van der Waals surface area contributed by atoms with Crippen molar-refractivity contribution < 1.29 is 9.59 Å². The molecule has 0 spiro atoms. The third-order valence-electron chi connectivity index (χ3n) is 3.69. The number of nitrogens with one attached hydrogen (secondary N) is 3.